The van der Waals surface area contributed by atoms with E-state index in [1.54, 1.807) is 0 Å². The van der Waals surface area contributed by atoms with Crippen molar-refractivity contribution in [2.75, 3.05) is 40.4 Å². The Balaban J connectivity index is 4.26. The first-order valence-electron chi connectivity index (χ1n) is 11.2. The van der Waals surface area contributed by atoms with E-state index in [4.69, 9.17) is 14.6 Å². The van der Waals surface area contributed by atoms with Gasteiger partial charge in [0.15, 0.2) is 19.5 Å². The Bertz CT molecular complexity index is 320. The van der Waals surface area contributed by atoms with Crippen LogP contribution in [0.2, 0.25) is 10.1 Å². The largest absolute Gasteiger partial charge is 0.427 e. The molecule has 0 radical (unpaired) electrons. The quantitative estimate of drug-likeness (QED) is 0.257. The van der Waals surface area contributed by atoms with Crippen molar-refractivity contribution < 1.29 is 8.85 Å². The number of nitrogens with two attached hydrogens (primary N) is 1. The van der Waals surface area contributed by atoms with Crippen LogP contribution in [0.25, 0.3) is 0 Å². The third kappa shape index (κ3) is 16.9. The SMILES string of the molecule is CO[SiH2]C(C)(C)CCN(CCCCCCCCCN)CCC(C)(C)[SiH2]OC. The molecule has 0 saturated carbocycles. The Labute approximate surface area is 175 Å². The summed E-state index contributed by atoms with van der Waals surface area (Å²) in [4.78, 5) is 2.71. The molecule has 0 saturated heterocycles. The molecule has 27 heavy (non-hydrogen) atoms. The van der Waals surface area contributed by atoms with Gasteiger partial charge in [0.2, 0.25) is 0 Å². The topological polar surface area (TPSA) is 47.7 Å². The third-order valence-corrected chi connectivity index (χ3v) is 8.31. The van der Waals surface area contributed by atoms with Gasteiger partial charge in [-0.3, -0.25) is 0 Å². The highest BCUT2D eigenvalue weighted by Crippen LogP contribution is 2.30. The molecule has 0 spiro atoms. The van der Waals surface area contributed by atoms with Gasteiger partial charge in [-0.05, 0) is 61.9 Å². The first-order valence-corrected chi connectivity index (χ1v) is 13.7. The smallest absolute Gasteiger partial charge is 0.166 e. The van der Waals surface area contributed by atoms with Gasteiger partial charge in [0.25, 0.3) is 0 Å². The van der Waals surface area contributed by atoms with Gasteiger partial charge < -0.3 is 19.5 Å². The van der Waals surface area contributed by atoms with Crippen LogP contribution in [-0.2, 0) is 8.85 Å². The highest BCUT2D eigenvalue weighted by Gasteiger charge is 2.23. The van der Waals surface area contributed by atoms with Crippen molar-refractivity contribution in [3.63, 3.8) is 0 Å². The van der Waals surface area contributed by atoms with Crippen LogP contribution in [0, 0.1) is 0 Å². The van der Waals surface area contributed by atoms with Crippen molar-refractivity contribution >= 4 is 19.5 Å². The number of hydrogen-bond acceptors (Lipinski definition) is 4. The van der Waals surface area contributed by atoms with E-state index < -0.39 is 19.5 Å². The summed E-state index contributed by atoms with van der Waals surface area (Å²) in [6.07, 6.45) is 11.8. The van der Waals surface area contributed by atoms with E-state index in [1.165, 1.54) is 77.4 Å². The first kappa shape index (κ1) is 27.3. The monoisotopic (exact) mass is 418 g/mol. The molecule has 0 heterocycles. The lowest BCUT2D eigenvalue weighted by Gasteiger charge is -2.31. The van der Waals surface area contributed by atoms with Gasteiger partial charge >= 0.3 is 0 Å². The summed E-state index contributed by atoms with van der Waals surface area (Å²) < 4.78 is 11.1. The summed E-state index contributed by atoms with van der Waals surface area (Å²) in [6, 6.07) is 0. The normalized spacial score (nSPS) is 13.8. The van der Waals surface area contributed by atoms with E-state index in [1.807, 2.05) is 14.2 Å². The maximum atomic E-state index is 5.56. The molecule has 0 aromatic carbocycles. The van der Waals surface area contributed by atoms with Crippen molar-refractivity contribution in [2.45, 2.75) is 95.6 Å². The maximum Gasteiger partial charge on any atom is 0.166 e. The minimum Gasteiger partial charge on any atom is -0.427 e. The Morgan fingerprint density at radius 1 is 0.667 bits per heavy atom. The molecular formula is C21H50N2O2Si2. The molecule has 4 nitrogen and oxygen atoms in total. The van der Waals surface area contributed by atoms with E-state index in [2.05, 4.69) is 32.6 Å². The highest BCUT2D eigenvalue weighted by atomic mass is 28.2. The van der Waals surface area contributed by atoms with E-state index in [0.29, 0.717) is 10.1 Å². The van der Waals surface area contributed by atoms with Crippen molar-refractivity contribution in [3.05, 3.63) is 0 Å². The molecule has 0 atom stereocenters. The zero-order valence-corrected chi connectivity index (χ0v) is 22.3. The van der Waals surface area contributed by atoms with Gasteiger partial charge in [-0.25, -0.2) is 0 Å². The Morgan fingerprint density at radius 3 is 1.48 bits per heavy atom. The molecule has 0 rings (SSSR count). The summed E-state index contributed by atoms with van der Waals surface area (Å²) in [5.74, 6) is 0. The molecule has 6 heteroatoms. The fourth-order valence-electron chi connectivity index (χ4n) is 3.55. The maximum absolute atomic E-state index is 5.56. The first-order chi connectivity index (χ1) is 12.8. The standard InChI is InChI=1S/C21H50N2O2Si2/c1-20(2,26-24-5)14-18-23(19-15-21(3,4)27-25-6)17-13-11-9-7-8-10-12-16-22/h7-19,22,26-27H2,1-6H3. The molecule has 164 valence electrons. The van der Waals surface area contributed by atoms with E-state index in [9.17, 15) is 0 Å². The molecule has 0 unspecified atom stereocenters. The van der Waals surface area contributed by atoms with Crippen LogP contribution >= 0.6 is 0 Å². The molecule has 0 aromatic heterocycles. The summed E-state index contributed by atoms with van der Waals surface area (Å²) in [6.45, 7) is 14.0. The van der Waals surface area contributed by atoms with Gasteiger partial charge in [-0.2, -0.15) is 0 Å². The van der Waals surface area contributed by atoms with Crippen molar-refractivity contribution in [1.29, 1.82) is 0 Å². The van der Waals surface area contributed by atoms with Gasteiger partial charge in [-0.15, -0.1) is 0 Å². The van der Waals surface area contributed by atoms with Gasteiger partial charge in [0.05, 0.1) is 0 Å². The molecule has 0 aliphatic rings. The Kier molecular flexibility index (Phi) is 16.3. The molecule has 0 aliphatic carbocycles. The molecule has 0 aromatic rings. The summed E-state index contributed by atoms with van der Waals surface area (Å²) in [5, 5.41) is 0.791. The van der Waals surface area contributed by atoms with E-state index in [-0.39, 0.29) is 0 Å². The zero-order chi connectivity index (χ0) is 20.6. The van der Waals surface area contributed by atoms with Gasteiger partial charge in [-0.1, -0.05) is 59.8 Å². The number of hydrogen-bond donors (Lipinski definition) is 1. The fraction of sp³-hybridized carbons (Fsp3) is 1.00. The molecule has 0 aliphatic heterocycles. The van der Waals surface area contributed by atoms with Crippen LogP contribution in [0.1, 0.15) is 85.5 Å². The lowest BCUT2D eigenvalue weighted by atomic mass is 10.1. The predicted molar refractivity (Wildman–Crippen MR) is 126 cm³/mol. The van der Waals surface area contributed by atoms with Crippen molar-refractivity contribution in [3.8, 4) is 0 Å². The van der Waals surface area contributed by atoms with Crippen molar-refractivity contribution in [2.24, 2.45) is 5.73 Å². The number of rotatable bonds is 19. The van der Waals surface area contributed by atoms with Crippen LogP contribution in [0.15, 0.2) is 0 Å². The second-order valence-electron chi connectivity index (χ2n) is 9.80. The summed E-state index contributed by atoms with van der Waals surface area (Å²) in [7, 11) is 2.89. The minimum atomic E-state index is -0.429. The Hall–Kier alpha value is 0.274. The molecule has 0 fully saturated rings. The second-order valence-corrected chi connectivity index (χ2v) is 15.4. The summed E-state index contributed by atoms with van der Waals surface area (Å²) >= 11 is 0. The minimum absolute atomic E-state index is 0.396. The molecule has 2 N–H and O–H groups in total. The van der Waals surface area contributed by atoms with Crippen LogP contribution < -0.4 is 5.73 Å². The van der Waals surface area contributed by atoms with Gasteiger partial charge in [0.1, 0.15) is 0 Å². The lowest BCUT2D eigenvalue weighted by molar-refractivity contribution is 0.235. The van der Waals surface area contributed by atoms with Crippen molar-refractivity contribution in [1.82, 2.24) is 4.90 Å². The van der Waals surface area contributed by atoms with Crippen LogP contribution in [-0.4, -0.2) is 64.8 Å². The average Bonchev–Trinajstić information content (AvgIpc) is 2.58. The van der Waals surface area contributed by atoms with Crippen LogP contribution in [0.4, 0.5) is 0 Å². The fourth-order valence-corrected chi connectivity index (χ4v) is 5.71. The predicted octanol–water partition coefficient (Wildman–Crippen LogP) is 3.62. The molecular weight excluding hydrogens is 368 g/mol. The number of nitrogens with zero attached hydrogens (tertiary/aromatic N) is 1. The number of unbranched alkanes of at least 4 members (excludes halogenated alkanes) is 6. The molecule has 0 bridgehead atoms. The molecule has 0 amide bonds. The highest BCUT2D eigenvalue weighted by molar-refractivity contribution is 6.32. The van der Waals surface area contributed by atoms with Crippen LogP contribution in [0.5, 0.6) is 0 Å². The average molecular weight is 419 g/mol. The zero-order valence-electron chi connectivity index (χ0n) is 19.4. The Morgan fingerprint density at radius 2 is 1.07 bits per heavy atom. The summed E-state index contributed by atoms with van der Waals surface area (Å²) in [5.41, 5.74) is 5.56. The van der Waals surface area contributed by atoms with E-state index >= 15 is 0 Å². The third-order valence-electron chi connectivity index (χ3n) is 5.46. The van der Waals surface area contributed by atoms with Gasteiger partial charge in [0, 0.05) is 14.2 Å². The van der Waals surface area contributed by atoms with E-state index in [0.717, 1.165) is 6.54 Å². The lowest BCUT2D eigenvalue weighted by Crippen LogP contribution is -2.32. The van der Waals surface area contributed by atoms with Crippen LogP contribution in [0.3, 0.4) is 0 Å². The second kappa shape index (κ2) is 16.1.